The fourth-order valence-electron chi connectivity index (χ4n) is 8.86. The van der Waals surface area contributed by atoms with Gasteiger partial charge in [0.15, 0.2) is 0 Å². The van der Waals surface area contributed by atoms with Gasteiger partial charge in [-0.25, -0.2) is 0 Å². The molecule has 5 rings (SSSR count). The first-order valence-electron chi connectivity index (χ1n) is 11.1. The Morgan fingerprint density at radius 2 is 1.82 bits per heavy atom. The van der Waals surface area contributed by atoms with Crippen molar-refractivity contribution in [2.24, 2.45) is 34.0 Å². The van der Waals surface area contributed by atoms with Gasteiger partial charge in [0.05, 0.1) is 24.2 Å². The van der Waals surface area contributed by atoms with E-state index >= 15 is 0 Å². The van der Waals surface area contributed by atoms with Gasteiger partial charge in [-0.15, -0.1) is 0 Å². The van der Waals surface area contributed by atoms with Crippen molar-refractivity contribution in [1.29, 1.82) is 0 Å². The lowest BCUT2D eigenvalue weighted by Gasteiger charge is -2.65. The molecular formula is C23H34O5. The smallest absolute Gasteiger partial charge is 0.311 e. The highest BCUT2D eigenvalue weighted by atomic mass is 16.6. The number of fused-ring (bicyclic) bond motifs is 5. The van der Waals surface area contributed by atoms with E-state index in [0.717, 1.165) is 38.5 Å². The first-order valence-corrected chi connectivity index (χ1v) is 11.1. The van der Waals surface area contributed by atoms with E-state index in [1.807, 2.05) is 0 Å². The van der Waals surface area contributed by atoms with Gasteiger partial charge < -0.3 is 14.2 Å². The lowest BCUT2D eigenvalue weighted by Crippen LogP contribution is -2.65. The summed E-state index contributed by atoms with van der Waals surface area (Å²) in [6.07, 6.45) is 7.28. The zero-order valence-corrected chi connectivity index (χ0v) is 17.9. The summed E-state index contributed by atoms with van der Waals surface area (Å²) in [5.74, 6) is 0.853. The summed E-state index contributed by atoms with van der Waals surface area (Å²) < 4.78 is 17.7. The summed E-state index contributed by atoms with van der Waals surface area (Å²) >= 11 is 0. The maximum absolute atomic E-state index is 12.9. The Labute approximate surface area is 167 Å². The normalized spacial score (nSPS) is 56.1. The third kappa shape index (κ3) is 2.02. The minimum atomic E-state index is -0.509. The molecule has 4 aliphatic carbocycles. The Kier molecular flexibility index (Phi) is 3.73. The number of hydrogen-bond donors (Lipinski definition) is 0. The molecule has 28 heavy (non-hydrogen) atoms. The molecule has 0 aromatic heterocycles. The lowest BCUT2D eigenvalue weighted by molar-refractivity contribution is -0.229. The molecular weight excluding hydrogens is 356 g/mol. The number of rotatable bonds is 2. The average Bonchev–Trinajstić information content (AvgIpc) is 3.31. The van der Waals surface area contributed by atoms with Gasteiger partial charge in [0.1, 0.15) is 6.10 Å². The lowest BCUT2D eigenvalue weighted by atomic mass is 9.40. The van der Waals surface area contributed by atoms with E-state index in [1.54, 1.807) is 0 Å². The Morgan fingerprint density at radius 3 is 2.50 bits per heavy atom. The highest BCUT2D eigenvalue weighted by Gasteiger charge is 2.82. The van der Waals surface area contributed by atoms with Crippen molar-refractivity contribution >= 4 is 11.9 Å². The molecule has 5 nitrogen and oxygen atoms in total. The van der Waals surface area contributed by atoms with Gasteiger partial charge in [-0.3, -0.25) is 9.59 Å². The van der Waals surface area contributed by atoms with Crippen molar-refractivity contribution in [3.8, 4) is 0 Å². The molecule has 0 N–H and O–H groups in total. The summed E-state index contributed by atoms with van der Waals surface area (Å²) in [4.78, 5) is 25.0. The molecule has 0 radical (unpaired) electrons. The number of hydrogen-bond acceptors (Lipinski definition) is 5. The van der Waals surface area contributed by atoms with Gasteiger partial charge in [-0.1, -0.05) is 13.3 Å². The number of carbonyl (C=O) groups is 2. The molecule has 0 unspecified atom stereocenters. The van der Waals surface area contributed by atoms with Crippen LogP contribution in [0.1, 0.15) is 72.6 Å². The van der Waals surface area contributed by atoms with Crippen LogP contribution in [-0.4, -0.2) is 36.9 Å². The summed E-state index contributed by atoms with van der Waals surface area (Å²) in [6, 6.07) is 0. The number of esters is 2. The van der Waals surface area contributed by atoms with Crippen LogP contribution in [0.15, 0.2) is 0 Å². The van der Waals surface area contributed by atoms with E-state index in [4.69, 9.17) is 14.2 Å². The van der Waals surface area contributed by atoms with Gasteiger partial charge >= 0.3 is 11.9 Å². The van der Waals surface area contributed by atoms with Crippen molar-refractivity contribution in [2.75, 3.05) is 7.11 Å². The standard InChI is InChI=1S/C23H34O5/c1-13(24)27-17-11-16-20(2,9-6-10-21(16,3)19(25)26-5)15-8-7-14-12-23(15,17)18-22(14,4)28-18/h14-18H,6-12H2,1-5H3/t14-,15+,16+,17-,18-,20+,21+,22-,23-/m0/s1. The molecule has 1 saturated heterocycles. The molecule has 5 heteroatoms. The maximum Gasteiger partial charge on any atom is 0.311 e. The van der Waals surface area contributed by atoms with E-state index in [1.165, 1.54) is 20.5 Å². The minimum absolute atomic E-state index is 0.0311. The average molecular weight is 391 g/mol. The third-order valence-corrected chi connectivity index (χ3v) is 9.97. The molecule has 9 atom stereocenters. The number of epoxide rings is 1. The van der Waals surface area contributed by atoms with Crippen molar-refractivity contribution in [3.63, 3.8) is 0 Å². The first-order chi connectivity index (χ1) is 13.1. The van der Waals surface area contributed by atoms with E-state index < -0.39 is 5.41 Å². The van der Waals surface area contributed by atoms with Crippen molar-refractivity contribution in [1.82, 2.24) is 0 Å². The fourth-order valence-corrected chi connectivity index (χ4v) is 8.86. The van der Waals surface area contributed by atoms with Gasteiger partial charge in [0.25, 0.3) is 0 Å². The monoisotopic (exact) mass is 390 g/mol. The predicted molar refractivity (Wildman–Crippen MR) is 102 cm³/mol. The summed E-state index contributed by atoms with van der Waals surface area (Å²) in [7, 11) is 1.50. The van der Waals surface area contributed by atoms with Gasteiger partial charge in [-0.05, 0) is 75.5 Å². The second-order valence-electron chi connectivity index (χ2n) is 11.0. The molecule has 0 aromatic carbocycles. The number of methoxy groups -OCH3 is 1. The summed E-state index contributed by atoms with van der Waals surface area (Å²) in [6.45, 7) is 8.27. The van der Waals surface area contributed by atoms with Crippen molar-refractivity contribution < 1.29 is 23.8 Å². The van der Waals surface area contributed by atoms with Crippen LogP contribution in [0.25, 0.3) is 0 Å². The fraction of sp³-hybridized carbons (Fsp3) is 0.913. The topological polar surface area (TPSA) is 65.1 Å². The van der Waals surface area contributed by atoms with Crippen molar-refractivity contribution in [2.45, 2.75) is 90.4 Å². The van der Waals surface area contributed by atoms with E-state index in [-0.39, 0.29) is 46.5 Å². The Hall–Kier alpha value is -1.10. The van der Waals surface area contributed by atoms with Crippen LogP contribution in [0.5, 0.6) is 0 Å². The van der Waals surface area contributed by atoms with Crippen LogP contribution in [0, 0.1) is 34.0 Å². The van der Waals surface area contributed by atoms with Crippen molar-refractivity contribution in [3.05, 3.63) is 0 Å². The highest BCUT2D eigenvalue weighted by Crippen LogP contribution is 2.78. The van der Waals surface area contributed by atoms with Gasteiger partial charge in [0, 0.05) is 12.3 Å². The Bertz CT molecular complexity index is 735. The number of carbonyl (C=O) groups excluding carboxylic acids is 2. The summed E-state index contributed by atoms with van der Waals surface area (Å²) in [5.41, 5.74) is -0.565. The van der Waals surface area contributed by atoms with Crippen LogP contribution in [0.3, 0.4) is 0 Å². The SMILES string of the molecule is COC(=O)[C@]1(C)CCC[C@]2(C)[C@H]3CC[C@H]4C[C@]3([C@@H](OC(C)=O)C[C@H]21)[C@H]1O[C@@]41C. The predicted octanol–water partition coefficient (Wildman–Crippen LogP) is 3.88. The molecule has 4 saturated carbocycles. The molecule has 156 valence electrons. The summed E-state index contributed by atoms with van der Waals surface area (Å²) in [5, 5.41) is 0. The maximum atomic E-state index is 12.9. The van der Waals surface area contributed by atoms with Crippen LogP contribution >= 0.6 is 0 Å². The highest BCUT2D eigenvalue weighted by molar-refractivity contribution is 5.77. The molecule has 0 amide bonds. The van der Waals surface area contributed by atoms with Crippen LogP contribution < -0.4 is 0 Å². The van der Waals surface area contributed by atoms with E-state index in [2.05, 4.69) is 20.8 Å². The Morgan fingerprint density at radius 1 is 1.07 bits per heavy atom. The zero-order chi connectivity index (χ0) is 20.1. The largest absolute Gasteiger partial charge is 0.469 e. The number of ether oxygens (including phenoxy) is 3. The third-order valence-electron chi connectivity index (χ3n) is 9.97. The molecule has 1 aliphatic heterocycles. The first kappa shape index (κ1) is 18.9. The molecule has 5 fully saturated rings. The van der Waals surface area contributed by atoms with E-state index in [9.17, 15) is 9.59 Å². The molecule has 0 aromatic rings. The molecule has 5 aliphatic rings. The second kappa shape index (κ2) is 5.53. The minimum Gasteiger partial charge on any atom is -0.469 e. The molecule has 1 heterocycles. The van der Waals surface area contributed by atoms with Gasteiger partial charge in [0.2, 0.25) is 0 Å². The quantitative estimate of drug-likeness (QED) is 0.529. The van der Waals surface area contributed by atoms with Crippen LogP contribution in [-0.2, 0) is 23.8 Å². The van der Waals surface area contributed by atoms with Gasteiger partial charge in [-0.2, -0.15) is 0 Å². The Balaban J connectivity index is 1.62. The molecule has 1 spiro atoms. The second-order valence-corrected chi connectivity index (χ2v) is 11.0. The van der Waals surface area contributed by atoms with Crippen LogP contribution in [0.2, 0.25) is 0 Å². The van der Waals surface area contributed by atoms with E-state index in [0.29, 0.717) is 11.8 Å². The molecule has 2 bridgehead atoms. The van der Waals surface area contributed by atoms with Crippen LogP contribution in [0.4, 0.5) is 0 Å². The zero-order valence-electron chi connectivity index (χ0n) is 17.9.